The van der Waals surface area contributed by atoms with Crippen molar-refractivity contribution in [1.82, 2.24) is 25.3 Å². The molecule has 160 valence electrons. The van der Waals surface area contributed by atoms with Crippen molar-refractivity contribution >= 4 is 30.7 Å². The van der Waals surface area contributed by atoms with E-state index in [1.165, 1.54) is 0 Å². The SMILES string of the molecule is CC(C)c1nc(CN(C)C2CCN(C(=O)C3CC34CCNCC4)C2)no1.Cl.Cl. The van der Waals surface area contributed by atoms with Gasteiger partial charge in [-0.05, 0) is 51.2 Å². The third kappa shape index (κ3) is 4.64. The number of rotatable bonds is 5. The van der Waals surface area contributed by atoms with Gasteiger partial charge in [0.15, 0.2) is 5.82 Å². The minimum absolute atomic E-state index is 0. The summed E-state index contributed by atoms with van der Waals surface area (Å²) in [6.45, 7) is 8.61. The van der Waals surface area contributed by atoms with E-state index in [0.717, 1.165) is 57.7 Å². The monoisotopic (exact) mass is 433 g/mol. The van der Waals surface area contributed by atoms with Crippen LogP contribution in [-0.4, -0.2) is 65.1 Å². The summed E-state index contributed by atoms with van der Waals surface area (Å²) in [6.07, 6.45) is 4.46. The molecule has 1 N–H and O–H groups in total. The molecular formula is C19H33Cl2N5O2. The number of hydrogen-bond acceptors (Lipinski definition) is 6. The van der Waals surface area contributed by atoms with Crippen LogP contribution in [0.5, 0.6) is 0 Å². The number of nitrogens with zero attached hydrogens (tertiary/aromatic N) is 4. The Kier molecular flexibility index (Phi) is 7.76. The molecule has 0 bridgehead atoms. The van der Waals surface area contributed by atoms with Crippen molar-refractivity contribution in [2.24, 2.45) is 11.3 Å². The van der Waals surface area contributed by atoms with Crippen molar-refractivity contribution in [2.75, 3.05) is 33.2 Å². The van der Waals surface area contributed by atoms with Gasteiger partial charge in [-0.1, -0.05) is 19.0 Å². The molecular weight excluding hydrogens is 401 g/mol. The van der Waals surface area contributed by atoms with Crippen LogP contribution in [0.4, 0.5) is 0 Å². The Labute approximate surface area is 179 Å². The number of carbonyl (C=O) groups is 1. The standard InChI is InChI=1S/C19H31N5O2.2ClH/c1-13(2)17-21-16(22-26-17)12-23(3)14-4-9-24(11-14)18(25)15-10-19(15)5-7-20-8-6-19;;/h13-15,20H,4-12H2,1-3H3;2*1H. The van der Waals surface area contributed by atoms with E-state index in [1.807, 2.05) is 0 Å². The van der Waals surface area contributed by atoms with Crippen molar-refractivity contribution in [2.45, 2.75) is 58.0 Å². The van der Waals surface area contributed by atoms with Crippen LogP contribution in [0.15, 0.2) is 4.52 Å². The molecule has 2 atom stereocenters. The molecule has 1 amide bonds. The second kappa shape index (κ2) is 9.28. The Morgan fingerprint density at radius 2 is 2.07 bits per heavy atom. The smallest absolute Gasteiger partial charge is 0.229 e. The predicted molar refractivity (Wildman–Crippen MR) is 112 cm³/mol. The summed E-state index contributed by atoms with van der Waals surface area (Å²) >= 11 is 0. The summed E-state index contributed by atoms with van der Waals surface area (Å²) in [7, 11) is 2.09. The maximum atomic E-state index is 12.9. The van der Waals surface area contributed by atoms with Gasteiger partial charge in [0.2, 0.25) is 11.8 Å². The normalized spacial score (nSPS) is 25.7. The molecule has 3 heterocycles. The first kappa shape index (κ1) is 23.4. The minimum atomic E-state index is 0. The lowest BCUT2D eigenvalue weighted by atomic mass is 9.91. The molecule has 1 aliphatic carbocycles. The number of likely N-dealkylation sites (tertiary alicyclic amines) is 1. The van der Waals surface area contributed by atoms with Crippen molar-refractivity contribution in [1.29, 1.82) is 0 Å². The lowest BCUT2D eigenvalue weighted by molar-refractivity contribution is -0.132. The maximum Gasteiger partial charge on any atom is 0.229 e. The van der Waals surface area contributed by atoms with E-state index in [2.05, 4.69) is 46.2 Å². The third-order valence-corrected chi connectivity index (χ3v) is 6.55. The summed E-state index contributed by atoms with van der Waals surface area (Å²) in [6, 6.07) is 0.377. The molecule has 0 aromatic carbocycles. The molecule has 2 unspecified atom stereocenters. The first-order valence-electron chi connectivity index (χ1n) is 10.0. The van der Waals surface area contributed by atoms with Crippen LogP contribution in [0.1, 0.15) is 57.2 Å². The van der Waals surface area contributed by atoms with E-state index in [1.54, 1.807) is 0 Å². The molecule has 1 spiro atoms. The van der Waals surface area contributed by atoms with Crippen molar-refractivity contribution in [3.8, 4) is 0 Å². The Morgan fingerprint density at radius 3 is 2.71 bits per heavy atom. The molecule has 9 heteroatoms. The topological polar surface area (TPSA) is 74.5 Å². The van der Waals surface area contributed by atoms with Crippen LogP contribution in [0.2, 0.25) is 0 Å². The van der Waals surface area contributed by atoms with Crippen molar-refractivity contribution < 1.29 is 9.32 Å². The number of carbonyl (C=O) groups excluding carboxylic acids is 1. The van der Waals surface area contributed by atoms with Crippen LogP contribution < -0.4 is 5.32 Å². The second-order valence-electron chi connectivity index (χ2n) is 8.71. The summed E-state index contributed by atoms with van der Waals surface area (Å²) in [5.74, 6) is 2.35. The van der Waals surface area contributed by atoms with Gasteiger partial charge in [0, 0.05) is 31.0 Å². The van der Waals surface area contributed by atoms with Crippen molar-refractivity contribution in [3.63, 3.8) is 0 Å². The van der Waals surface area contributed by atoms with Gasteiger partial charge >= 0.3 is 0 Å². The summed E-state index contributed by atoms with van der Waals surface area (Å²) < 4.78 is 5.29. The Balaban J connectivity index is 0.00000140. The lowest BCUT2D eigenvalue weighted by Crippen LogP contribution is -2.38. The third-order valence-electron chi connectivity index (χ3n) is 6.55. The molecule has 2 saturated heterocycles. The number of nitrogens with one attached hydrogen (secondary N) is 1. The van der Waals surface area contributed by atoms with Gasteiger partial charge < -0.3 is 14.7 Å². The predicted octanol–water partition coefficient (Wildman–Crippen LogP) is 2.46. The average molecular weight is 434 g/mol. The van der Waals surface area contributed by atoms with Gasteiger partial charge in [-0.15, -0.1) is 24.8 Å². The van der Waals surface area contributed by atoms with Crippen LogP contribution in [-0.2, 0) is 11.3 Å². The van der Waals surface area contributed by atoms with Gasteiger partial charge in [-0.25, -0.2) is 0 Å². The number of piperidine rings is 1. The van der Waals surface area contributed by atoms with Gasteiger partial charge in [-0.2, -0.15) is 4.98 Å². The Morgan fingerprint density at radius 1 is 1.36 bits per heavy atom. The zero-order valence-electron chi connectivity index (χ0n) is 17.0. The number of likely N-dealkylation sites (N-methyl/N-ethyl adjacent to an activating group) is 1. The summed E-state index contributed by atoms with van der Waals surface area (Å²) in [5.41, 5.74) is 0.324. The van der Waals surface area contributed by atoms with Gasteiger partial charge in [-0.3, -0.25) is 9.69 Å². The largest absolute Gasteiger partial charge is 0.341 e. The zero-order chi connectivity index (χ0) is 18.3. The van der Waals surface area contributed by atoms with Gasteiger partial charge in [0.1, 0.15) is 0 Å². The van der Waals surface area contributed by atoms with Gasteiger partial charge in [0.25, 0.3) is 0 Å². The molecule has 0 radical (unpaired) electrons. The highest BCUT2D eigenvalue weighted by Crippen LogP contribution is 2.59. The number of amides is 1. The fraction of sp³-hybridized carbons (Fsp3) is 0.842. The van der Waals surface area contributed by atoms with E-state index in [9.17, 15) is 4.79 Å². The minimum Gasteiger partial charge on any atom is -0.341 e. The maximum absolute atomic E-state index is 12.9. The average Bonchev–Trinajstić information content (AvgIpc) is 3.02. The zero-order valence-corrected chi connectivity index (χ0v) is 18.7. The van der Waals surface area contributed by atoms with Gasteiger partial charge in [0.05, 0.1) is 6.54 Å². The fourth-order valence-electron chi connectivity index (χ4n) is 4.61. The second-order valence-corrected chi connectivity index (χ2v) is 8.71. The fourth-order valence-corrected chi connectivity index (χ4v) is 4.61. The number of halogens is 2. The highest BCUT2D eigenvalue weighted by atomic mass is 35.5. The molecule has 1 aromatic heterocycles. The summed E-state index contributed by atoms with van der Waals surface area (Å²) in [5, 5.41) is 7.50. The summed E-state index contributed by atoms with van der Waals surface area (Å²) in [4.78, 5) is 21.8. The van der Waals surface area contributed by atoms with E-state index in [4.69, 9.17) is 4.52 Å². The first-order valence-corrected chi connectivity index (χ1v) is 10.0. The van der Waals surface area contributed by atoms with E-state index < -0.39 is 0 Å². The number of hydrogen-bond donors (Lipinski definition) is 1. The molecule has 7 nitrogen and oxygen atoms in total. The van der Waals surface area contributed by atoms with E-state index in [0.29, 0.717) is 29.8 Å². The lowest BCUT2D eigenvalue weighted by Gasteiger charge is -2.26. The molecule has 1 saturated carbocycles. The number of aromatic nitrogens is 2. The molecule has 1 aromatic rings. The van der Waals surface area contributed by atoms with E-state index in [-0.39, 0.29) is 36.6 Å². The molecule has 28 heavy (non-hydrogen) atoms. The molecule has 3 fully saturated rings. The molecule has 3 aliphatic rings. The molecule has 4 rings (SSSR count). The first-order chi connectivity index (χ1) is 12.5. The van der Waals surface area contributed by atoms with Crippen LogP contribution in [0.25, 0.3) is 0 Å². The Hall–Kier alpha value is -0.890. The highest BCUT2D eigenvalue weighted by Gasteiger charge is 2.58. The quantitative estimate of drug-likeness (QED) is 0.768. The van der Waals surface area contributed by atoms with Crippen LogP contribution in [0.3, 0.4) is 0 Å². The Bertz CT molecular complexity index is 663. The molecule has 2 aliphatic heterocycles. The van der Waals surface area contributed by atoms with Crippen molar-refractivity contribution in [3.05, 3.63) is 11.7 Å². The van der Waals surface area contributed by atoms with Crippen LogP contribution in [0, 0.1) is 11.3 Å². The highest BCUT2D eigenvalue weighted by molar-refractivity contribution is 5.85. The van der Waals surface area contributed by atoms with E-state index >= 15 is 0 Å². The van der Waals surface area contributed by atoms with Crippen LogP contribution >= 0.6 is 24.8 Å².